The van der Waals surface area contributed by atoms with Crippen molar-refractivity contribution >= 4 is 25.8 Å². The molecule has 0 aliphatic rings. The Morgan fingerprint density at radius 1 is 0.721 bits per heavy atom. The SMILES string of the molecule is COc1ccc(Oc2ccc(C(=O)c3ccc(C)cc3)cc2)cc1S(=O)(=O)NS(=O)(=O)c1cc(C(F)(F)F)ccc1C.[Li+]. The molecule has 1 N–H and O–H groups in total. The van der Waals surface area contributed by atoms with Gasteiger partial charge in [-0.15, -0.1) is 4.13 Å². The molecule has 0 aromatic heterocycles. The van der Waals surface area contributed by atoms with Gasteiger partial charge in [-0.25, -0.2) is 16.8 Å². The van der Waals surface area contributed by atoms with Crippen LogP contribution in [0.15, 0.2) is 94.7 Å². The van der Waals surface area contributed by atoms with Gasteiger partial charge >= 0.3 is 25.0 Å². The Morgan fingerprint density at radius 3 is 1.81 bits per heavy atom. The van der Waals surface area contributed by atoms with Gasteiger partial charge in [0.15, 0.2) is 5.78 Å². The molecule has 0 aliphatic heterocycles. The first kappa shape index (κ1) is 33.9. The average molecular weight is 627 g/mol. The number of alkyl halides is 3. The third-order valence-electron chi connectivity index (χ3n) is 6.11. The minimum absolute atomic E-state index is 0. The third-order valence-corrected chi connectivity index (χ3v) is 9.79. The molecule has 0 aliphatic carbocycles. The van der Waals surface area contributed by atoms with Crippen molar-refractivity contribution in [2.75, 3.05) is 7.11 Å². The molecule has 4 aromatic carbocycles. The summed E-state index contributed by atoms with van der Waals surface area (Å²) < 4.78 is 104. The van der Waals surface area contributed by atoms with Gasteiger partial charge in [-0.3, -0.25) is 4.79 Å². The number of benzene rings is 4. The standard InChI is InChI=1S/C29H24F3NO7S2.Li/c1-18-4-7-20(8-5-18)28(34)21-9-12-23(13-10-21)40-24-14-15-25(39-3)27(17-24)42(37,38)33-41(35,36)26-16-22(29(30,31)32)11-6-19(26)2;/h4-17,33H,1-3H3;/q;+1. The van der Waals surface area contributed by atoms with Crippen molar-refractivity contribution in [2.24, 2.45) is 0 Å². The normalized spacial score (nSPS) is 11.9. The van der Waals surface area contributed by atoms with Gasteiger partial charge in [0.1, 0.15) is 22.1 Å². The number of nitrogens with one attached hydrogen (secondary N) is 1. The number of sulfonamides is 2. The molecule has 0 fully saturated rings. The van der Waals surface area contributed by atoms with Crippen molar-refractivity contribution in [3.05, 3.63) is 113 Å². The summed E-state index contributed by atoms with van der Waals surface area (Å²) >= 11 is 0. The molecule has 8 nitrogen and oxygen atoms in total. The van der Waals surface area contributed by atoms with Gasteiger partial charge < -0.3 is 9.47 Å². The Kier molecular flexibility index (Phi) is 10.2. The molecule has 220 valence electrons. The van der Waals surface area contributed by atoms with Crippen LogP contribution in [0, 0.1) is 13.8 Å². The molecule has 0 saturated heterocycles. The molecule has 4 rings (SSSR count). The topological polar surface area (TPSA) is 116 Å². The number of hydrogen-bond donors (Lipinski definition) is 1. The zero-order chi connectivity index (χ0) is 30.9. The number of methoxy groups -OCH3 is 1. The predicted octanol–water partition coefficient (Wildman–Crippen LogP) is 3.03. The molecule has 4 aromatic rings. The molecule has 0 atom stereocenters. The van der Waals surface area contributed by atoms with Crippen molar-refractivity contribution < 1.29 is 63.1 Å². The smallest absolute Gasteiger partial charge is 0.495 e. The summed E-state index contributed by atoms with van der Waals surface area (Å²) in [4.78, 5) is 11.2. The molecule has 0 bridgehead atoms. The summed E-state index contributed by atoms with van der Waals surface area (Å²) in [7, 11) is -8.73. The maximum Gasteiger partial charge on any atom is 1.00 e. The van der Waals surface area contributed by atoms with Crippen LogP contribution in [0.4, 0.5) is 13.2 Å². The number of carbonyl (C=O) groups is 1. The van der Waals surface area contributed by atoms with Gasteiger partial charge in [-0.2, -0.15) is 13.2 Å². The summed E-state index contributed by atoms with van der Waals surface area (Å²) in [5.41, 5.74) is 0.546. The molecular formula is C29H24F3LiNO7S2+. The quantitative estimate of drug-likeness (QED) is 0.224. The van der Waals surface area contributed by atoms with E-state index < -0.39 is 41.6 Å². The first-order chi connectivity index (χ1) is 19.6. The fourth-order valence-electron chi connectivity index (χ4n) is 3.91. The number of ketones is 1. The van der Waals surface area contributed by atoms with E-state index in [-0.39, 0.29) is 47.5 Å². The summed E-state index contributed by atoms with van der Waals surface area (Å²) in [5.74, 6) is -0.238. The molecule has 14 heteroatoms. The van der Waals surface area contributed by atoms with Crippen LogP contribution in [0.3, 0.4) is 0 Å². The summed E-state index contributed by atoms with van der Waals surface area (Å²) in [6.45, 7) is 3.14. The van der Waals surface area contributed by atoms with E-state index in [0.717, 1.165) is 24.8 Å². The molecule has 0 amide bonds. The molecule has 0 spiro atoms. The Labute approximate surface area is 259 Å². The molecular weight excluding hydrogens is 602 g/mol. The Balaban J connectivity index is 0.00000506. The van der Waals surface area contributed by atoms with Gasteiger partial charge in [0, 0.05) is 17.2 Å². The summed E-state index contributed by atoms with van der Waals surface area (Å²) in [6, 6.07) is 18.7. The number of hydrogen-bond acceptors (Lipinski definition) is 7. The van der Waals surface area contributed by atoms with Crippen LogP contribution in [-0.4, -0.2) is 29.7 Å². The van der Waals surface area contributed by atoms with Crippen LogP contribution >= 0.6 is 0 Å². The van der Waals surface area contributed by atoms with Gasteiger partial charge in [-0.1, -0.05) is 35.9 Å². The number of carbonyl (C=O) groups excluding carboxylic acids is 1. The molecule has 43 heavy (non-hydrogen) atoms. The largest absolute Gasteiger partial charge is 1.00 e. The predicted molar refractivity (Wildman–Crippen MR) is 148 cm³/mol. The zero-order valence-electron chi connectivity index (χ0n) is 23.4. The van der Waals surface area contributed by atoms with Gasteiger partial charge in [-0.05, 0) is 67.9 Å². The number of aryl methyl sites for hydroxylation is 2. The van der Waals surface area contributed by atoms with E-state index in [9.17, 15) is 34.8 Å². The van der Waals surface area contributed by atoms with Crippen molar-refractivity contribution in [1.29, 1.82) is 0 Å². The Hall–Kier alpha value is -3.60. The van der Waals surface area contributed by atoms with Crippen LogP contribution in [0.1, 0.15) is 32.6 Å². The second-order valence-electron chi connectivity index (χ2n) is 9.20. The fraction of sp³-hybridized carbons (Fsp3) is 0.138. The van der Waals surface area contributed by atoms with Crippen LogP contribution in [0.25, 0.3) is 0 Å². The first-order valence-electron chi connectivity index (χ1n) is 12.1. The van der Waals surface area contributed by atoms with Crippen molar-refractivity contribution in [3.63, 3.8) is 0 Å². The van der Waals surface area contributed by atoms with Gasteiger partial charge in [0.2, 0.25) is 0 Å². The van der Waals surface area contributed by atoms with Crippen molar-refractivity contribution in [1.82, 2.24) is 4.13 Å². The first-order valence-corrected chi connectivity index (χ1v) is 15.1. The zero-order valence-corrected chi connectivity index (χ0v) is 25.0. The second kappa shape index (κ2) is 12.9. The molecule has 0 unspecified atom stereocenters. The van der Waals surface area contributed by atoms with Crippen molar-refractivity contribution in [2.45, 2.75) is 29.8 Å². The van der Waals surface area contributed by atoms with Crippen LogP contribution in [0.5, 0.6) is 17.2 Å². The van der Waals surface area contributed by atoms with Crippen LogP contribution in [0.2, 0.25) is 0 Å². The third kappa shape index (κ3) is 7.87. The van der Waals surface area contributed by atoms with E-state index in [1.165, 1.54) is 47.4 Å². The van der Waals surface area contributed by atoms with E-state index in [0.29, 0.717) is 23.3 Å². The number of rotatable bonds is 9. The van der Waals surface area contributed by atoms with Crippen LogP contribution in [-0.2, 0) is 26.2 Å². The van der Waals surface area contributed by atoms with E-state index >= 15 is 0 Å². The number of ether oxygens (including phenoxy) is 2. The maximum absolute atomic E-state index is 13.2. The van der Waals surface area contributed by atoms with E-state index in [1.807, 2.05) is 19.1 Å². The monoisotopic (exact) mass is 626 g/mol. The molecule has 0 saturated carbocycles. The average Bonchev–Trinajstić information content (AvgIpc) is 2.92. The maximum atomic E-state index is 13.2. The van der Waals surface area contributed by atoms with Crippen molar-refractivity contribution in [3.8, 4) is 17.2 Å². The number of halogens is 3. The summed E-state index contributed by atoms with van der Waals surface area (Å²) in [6.07, 6.45) is -4.85. The van der Waals surface area contributed by atoms with Crippen LogP contribution < -0.4 is 32.5 Å². The summed E-state index contributed by atoms with van der Waals surface area (Å²) in [5, 5.41) is 0. The Morgan fingerprint density at radius 2 is 1.26 bits per heavy atom. The fourth-order valence-corrected chi connectivity index (χ4v) is 7.25. The van der Waals surface area contributed by atoms with E-state index in [2.05, 4.69) is 0 Å². The minimum atomic E-state index is -4.98. The molecule has 0 heterocycles. The molecule has 0 radical (unpaired) electrons. The van der Waals surface area contributed by atoms with E-state index in [4.69, 9.17) is 9.47 Å². The second-order valence-corrected chi connectivity index (χ2v) is 12.8. The van der Waals surface area contributed by atoms with Gasteiger partial charge in [0.25, 0.3) is 20.0 Å². The Bertz CT molecular complexity index is 1860. The van der Waals surface area contributed by atoms with E-state index in [1.54, 1.807) is 12.1 Å². The van der Waals surface area contributed by atoms with Gasteiger partial charge in [0.05, 0.1) is 17.6 Å². The minimum Gasteiger partial charge on any atom is -0.495 e.